The predicted molar refractivity (Wildman–Crippen MR) is 94.1 cm³/mol. The zero-order chi connectivity index (χ0) is 18.5. The van der Waals surface area contributed by atoms with E-state index in [1.54, 1.807) is 39.8 Å². The molecule has 0 radical (unpaired) electrons. The molecule has 0 saturated carbocycles. The lowest BCUT2D eigenvalue weighted by atomic mass is 10.0. The molecule has 0 bridgehead atoms. The van der Waals surface area contributed by atoms with E-state index in [4.69, 9.17) is 9.47 Å². The first kappa shape index (κ1) is 20.3. The lowest BCUT2D eigenvalue weighted by Gasteiger charge is -2.34. The normalized spacial score (nSPS) is 13.8. The van der Waals surface area contributed by atoms with Crippen molar-refractivity contribution in [3.05, 3.63) is 29.8 Å². The highest BCUT2D eigenvalue weighted by Gasteiger charge is 2.36. The summed E-state index contributed by atoms with van der Waals surface area (Å²) < 4.78 is 10.3. The van der Waals surface area contributed by atoms with Gasteiger partial charge in [-0.05, 0) is 45.4 Å². The summed E-state index contributed by atoms with van der Waals surface area (Å²) in [6.45, 7) is 7.01. The van der Waals surface area contributed by atoms with E-state index in [1.807, 2.05) is 0 Å². The number of esters is 1. The van der Waals surface area contributed by atoms with Crippen LogP contribution in [0.15, 0.2) is 24.3 Å². The van der Waals surface area contributed by atoms with E-state index in [9.17, 15) is 14.7 Å². The summed E-state index contributed by atoms with van der Waals surface area (Å²) in [5, 5.41) is 9.38. The Balaban J connectivity index is 3.11. The number of benzene rings is 1. The topological polar surface area (TPSA) is 76.1 Å². The molecule has 1 N–H and O–H groups in total. The maximum absolute atomic E-state index is 12.5. The van der Waals surface area contributed by atoms with Crippen LogP contribution in [0.25, 0.3) is 0 Å². The van der Waals surface area contributed by atoms with Crippen molar-refractivity contribution in [1.82, 2.24) is 4.90 Å². The number of carbonyl (C=O) groups excluding carboxylic acids is 2. The Morgan fingerprint density at radius 1 is 1.25 bits per heavy atom. The zero-order valence-corrected chi connectivity index (χ0v) is 16.2. The minimum absolute atomic E-state index is 0.131. The number of amides is 1. The molecule has 7 heteroatoms. The summed E-state index contributed by atoms with van der Waals surface area (Å²) in [5.74, 6) is -0.411. The fourth-order valence-electron chi connectivity index (χ4n) is 2.12. The molecule has 1 aromatic rings. The number of phenolic OH excluding ortho intramolecular Hbond substituents is 1. The molecule has 0 saturated heterocycles. The highest BCUT2D eigenvalue weighted by Crippen LogP contribution is 2.22. The number of nitrogens with zero attached hydrogens (tertiary/aromatic N) is 1. The van der Waals surface area contributed by atoms with Crippen molar-refractivity contribution in [1.29, 1.82) is 0 Å². The van der Waals surface area contributed by atoms with E-state index in [-0.39, 0.29) is 12.2 Å². The number of phenols is 1. The van der Waals surface area contributed by atoms with Crippen LogP contribution in [0.1, 0.15) is 33.3 Å². The second kappa shape index (κ2) is 8.37. The Bertz CT molecular complexity index is 565. The van der Waals surface area contributed by atoms with Crippen molar-refractivity contribution in [3.63, 3.8) is 0 Å². The Morgan fingerprint density at radius 3 is 2.21 bits per heavy atom. The lowest BCUT2D eigenvalue weighted by molar-refractivity contribution is -0.147. The minimum atomic E-state index is -0.858. The van der Waals surface area contributed by atoms with Gasteiger partial charge in [0.1, 0.15) is 17.4 Å². The first-order valence-electron chi connectivity index (χ1n) is 7.56. The average molecular weight is 402 g/mol. The Hall–Kier alpha value is -1.76. The number of methoxy groups -OCH3 is 1. The molecule has 134 valence electrons. The minimum Gasteiger partial charge on any atom is -0.508 e. The number of aromatic hydroxyl groups is 1. The van der Waals surface area contributed by atoms with Gasteiger partial charge in [0.25, 0.3) is 0 Å². The molecule has 24 heavy (non-hydrogen) atoms. The fourth-order valence-corrected chi connectivity index (χ4v) is 2.57. The highest BCUT2D eigenvalue weighted by molar-refractivity contribution is 9.09. The van der Waals surface area contributed by atoms with Crippen molar-refractivity contribution >= 4 is 28.0 Å². The molecule has 0 aliphatic rings. The van der Waals surface area contributed by atoms with E-state index in [0.717, 1.165) is 5.56 Å². The van der Waals surface area contributed by atoms with Gasteiger partial charge in [-0.2, -0.15) is 0 Å². The van der Waals surface area contributed by atoms with E-state index in [1.165, 1.54) is 24.1 Å². The number of halogens is 1. The van der Waals surface area contributed by atoms with Crippen molar-refractivity contribution in [2.24, 2.45) is 0 Å². The van der Waals surface area contributed by atoms with Crippen LogP contribution in [0.4, 0.5) is 4.79 Å². The Kier molecular flexibility index (Phi) is 7.08. The summed E-state index contributed by atoms with van der Waals surface area (Å²) in [5.41, 5.74) is 0.0982. The van der Waals surface area contributed by atoms with Crippen LogP contribution >= 0.6 is 15.9 Å². The van der Waals surface area contributed by atoms with Crippen LogP contribution in [-0.2, 0) is 20.7 Å². The van der Waals surface area contributed by atoms with Gasteiger partial charge in [0, 0.05) is 6.42 Å². The smallest absolute Gasteiger partial charge is 0.411 e. The van der Waals surface area contributed by atoms with Gasteiger partial charge in [-0.25, -0.2) is 9.59 Å². The van der Waals surface area contributed by atoms with Gasteiger partial charge in [0.15, 0.2) is 0 Å². The maximum Gasteiger partial charge on any atom is 0.411 e. The second-order valence-electron chi connectivity index (χ2n) is 6.37. The molecule has 6 nitrogen and oxygen atoms in total. The Labute approximate surface area is 150 Å². The van der Waals surface area contributed by atoms with Crippen LogP contribution in [0.3, 0.4) is 0 Å². The van der Waals surface area contributed by atoms with Gasteiger partial charge in [-0.1, -0.05) is 28.1 Å². The first-order chi connectivity index (χ1) is 11.0. The third-order valence-corrected chi connectivity index (χ3v) is 3.60. The van der Waals surface area contributed by atoms with E-state index in [2.05, 4.69) is 15.9 Å². The van der Waals surface area contributed by atoms with Gasteiger partial charge in [-0.15, -0.1) is 0 Å². The monoisotopic (exact) mass is 401 g/mol. The van der Waals surface area contributed by atoms with E-state index < -0.39 is 28.7 Å². The van der Waals surface area contributed by atoms with Crippen molar-refractivity contribution in [2.45, 2.75) is 50.7 Å². The van der Waals surface area contributed by atoms with Gasteiger partial charge in [0.05, 0.1) is 12.1 Å². The third kappa shape index (κ3) is 6.03. The van der Waals surface area contributed by atoms with Crippen molar-refractivity contribution in [3.8, 4) is 5.75 Å². The summed E-state index contributed by atoms with van der Waals surface area (Å²) in [6.07, 6.45) is -0.372. The zero-order valence-electron chi connectivity index (χ0n) is 14.6. The summed E-state index contributed by atoms with van der Waals surface area (Å²) in [7, 11) is 1.28. The summed E-state index contributed by atoms with van der Waals surface area (Å²) >= 11 is 3.35. The molecule has 0 heterocycles. The van der Waals surface area contributed by atoms with Crippen LogP contribution < -0.4 is 0 Å². The third-order valence-electron chi connectivity index (χ3n) is 3.16. The molecule has 0 fully saturated rings. The van der Waals surface area contributed by atoms with Crippen LogP contribution in [0.2, 0.25) is 0 Å². The molecule has 2 atom stereocenters. The first-order valence-corrected chi connectivity index (χ1v) is 8.48. The fraction of sp³-hybridized carbons (Fsp3) is 0.529. The SMILES string of the molecule is COC(=O)[C@H](Cc1ccc(O)cc1)N(C(=O)OC(C)(C)C)C(C)Br. The van der Waals surface area contributed by atoms with Crippen LogP contribution in [0.5, 0.6) is 5.75 Å². The highest BCUT2D eigenvalue weighted by atomic mass is 79.9. The number of hydrogen-bond acceptors (Lipinski definition) is 5. The van der Waals surface area contributed by atoms with Gasteiger partial charge in [0.2, 0.25) is 0 Å². The largest absolute Gasteiger partial charge is 0.508 e. The summed E-state index contributed by atoms with van der Waals surface area (Å²) in [6, 6.07) is 5.58. The predicted octanol–water partition coefficient (Wildman–Crippen LogP) is 3.45. The molecule has 1 amide bonds. The number of rotatable bonds is 5. The van der Waals surface area contributed by atoms with Gasteiger partial charge >= 0.3 is 12.1 Å². The number of hydrogen-bond donors (Lipinski definition) is 1. The standard InChI is InChI=1S/C17H24BrNO5/c1-11(18)19(16(22)24-17(2,3)4)14(15(21)23-5)10-12-6-8-13(20)9-7-12/h6-9,11,14,20H,10H2,1-5H3/t11?,14-/m0/s1. The molecular formula is C17H24BrNO5. The summed E-state index contributed by atoms with van der Waals surface area (Å²) in [4.78, 5) is 25.7. The second-order valence-corrected chi connectivity index (χ2v) is 7.70. The van der Waals surface area contributed by atoms with E-state index in [0.29, 0.717) is 0 Å². The van der Waals surface area contributed by atoms with Gasteiger partial charge in [-0.3, -0.25) is 4.90 Å². The lowest BCUT2D eigenvalue weighted by Crippen LogP contribution is -2.51. The molecule has 0 aliphatic heterocycles. The molecule has 0 aliphatic carbocycles. The molecule has 1 rings (SSSR count). The molecular weight excluding hydrogens is 378 g/mol. The number of carbonyl (C=O) groups is 2. The van der Waals surface area contributed by atoms with Crippen molar-refractivity contribution in [2.75, 3.05) is 7.11 Å². The van der Waals surface area contributed by atoms with Gasteiger partial charge < -0.3 is 14.6 Å². The van der Waals surface area contributed by atoms with Crippen molar-refractivity contribution < 1.29 is 24.2 Å². The quantitative estimate of drug-likeness (QED) is 0.464. The molecule has 1 aromatic carbocycles. The molecule has 0 aromatic heterocycles. The van der Waals surface area contributed by atoms with Crippen LogP contribution in [-0.4, -0.2) is 45.8 Å². The molecule has 1 unspecified atom stereocenters. The van der Waals surface area contributed by atoms with E-state index >= 15 is 0 Å². The Morgan fingerprint density at radius 2 is 1.79 bits per heavy atom. The van der Waals surface area contributed by atoms with Crippen LogP contribution in [0, 0.1) is 0 Å². The average Bonchev–Trinajstić information content (AvgIpc) is 2.45. The number of alkyl halides is 1. The molecule has 0 spiro atoms. The maximum atomic E-state index is 12.5. The number of ether oxygens (including phenoxy) is 2.